The summed E-state index contributed by atoms with van der Waals surface area (Å²) in [5, 5.41) is 0. The van der Waals surface area contributed by atoms with E-state index in [4.69, 9.17) is 4.74 Å². The van der Waals surface area contributed by atoms with Crippen molar-refractivity contribution in [2.75, 3.05) is 19.7 Å². The molecule has 12 heavy (non-hydrogen) atoms. The Kier molecular flexibility index (Phi) is 2.60. The van der Waals surface area contributed by atoms with Crippen LogP contribution < -0.4 is 0 Å². The van der Waals surface area contributed by atoms with Gasteiger partial charge in [-0.25, -0.2) is 4.99 Å². The summed E-state index contributed by atoms with van der Waals surface area (Å²) in [4.78, 5) is 6.62. The second kappa shape index (κ2) is 3.33. The van der Waals surface area contributed by atoms with Crippen LogP contribution in [-0.2, 0) is 4.74 Å². The van der Waals surface area contributed by atoms with E-state index >= 15 is 0 Å². The molecule has 3 nitrogen and oxygen atoms in total. The first-order valence-corrected chi connectivity index (χ1v) is 4.56. The second-order valence-corrected chi connectivity index (χ2v) is 3.67. The molecule has 0 aromatic rings. The maximum Gasteiger partial charge on any atom is 0.288 e. The van der Waals surface area contributed by atoms with E-state index in [2.05, 4.69) is 37.6 Å². The lowest BCUT2D eigenvalue weighted by Crippen LogP contribution is -2.30. The van der Waals surface area contributed by atoms with Crippen molar-refractivity contribution in [2.45, 2.75) is 33.2 Å². The molecule has 0 amide bonds. The molecule has 0 aromatic heterocycles. The lowest BCUT2D eigenvalue weighted by atomic mass is 10.1. The van der Waals surface area contributed by atoms with Crippen molar-refractivity contribution in [3.05, 3.63) is 0 Å². The standard InChI is InChI=1S/C9H18N2O/c1-5-11(6-2)8-10-9(3,4)7-12-8/h5-7H2,1-4H3. The Morgan fingerprint density at radius 1 is 1.42 bits per heavy atom. The quantitative estimate of drug-likeness (QED) is 0.627. The van der Waals surface area contributed by atoms with Gasteiger partial charge in [-0.3, -0.25) is 0 Å². The summed E-state index contributed by atoms with van der Waals surface area (Å²) in [6.07, 6.45) is 0. The average Bonchev–Trinajstić information content (AvgIpc) is 2.34. The minimum atomic E-state index is -0.0298. The number of hydrogen-bond acceptors (Lipinski definition) is 3. The minimum Gasteiger partial charge on any atom is -0.463 e. The molecule has 0 aromatic carbocycles. The summed E-state index contributed by atoms with van der Waals surface area (Å²) in [5.41, 5.74) is -0.0298. The molecule has 0 N–H and O–H groups in total. The number of rotatable bonds is 2. The fourth-order valence-corrected chi connectivity index (χ4v) is 1.22. The molecule has 0 saturated heterocycles. The maximum atomic E-state index is 5.49. The average molecular weight is 170 g/mol. The third-order valence-corrected chi connectivity index (χ3v) is 1.99. The fraction of sp³-hybridized carbons (Fsp3) is 0.889. The zero-order valence-corrected chi connectivity index (χ0v) is 8.42. The van der Waals surface area contributed by atoms with Crippen LogP contribution in [0, 0.1) is 0 Å². The number of hydrogen-bond donors (Lipinski definition) is 0. The van der Waals surface area contributed by atoms with Gasteiger partial charge in [-0.1, -0.05) is 0 Å². The molecular formula is C9H18N2O. The molecule has 3 heteroatoms. The molecule has 70 valence electrons. The summed E-state index contributed by atoms with van der Waals surface area (Å²) in [6, 6.07) is 0.810. The van der Waals surface area contributed by atoms with Crippen LogP contribution >= 0.6 is 0 Å². The molecule has 1 rings (SSSR count). The topological polar surface area (TPSA) is 24.8 Å². The first-order chi connectivity index (χ1) is 5.59. The monoisotopic (exact) mass is 170 g/mol. The van der Waals surface area contributed by atoms with E-state index in [1.165, 1.54) is 0 Å². The lowest BCUT2D eigenvalue weighted by molar-refractivity contribution is 0.237. The maximum absolute atomic E-state index is 5.49. The molecule has 0 fully saturated rings. The SMILES string of the molecule is CCN(CC)C1=NC(C)(C)CO1. The summed E-state index contributed by atoms with van der Waals surface area (Å²) in [5.74, 6) is 0. The van der Waals surface area contributed by atoms with Gasteiger partial charge in [0.15, 0.2) is 0 Å². The highest BCUT2D eigenvalue weighted by molar-refractivity contribution is 5.75. The van der Waals surface area contributed by atoms with Gasteiger partial charge in [-0.05, 0) is 27.7 Å². The van der Waals surface area contributed by atoms with Gasteiger partial charge < -0.3 is 9.64 Å². The van der Waals surface area contributed by atoms with Crippen LogP contribution in [-0.4, -0.2) is 36.2 Å². The largest absolute Gasteiger partial charge is 0.463 e. The Labute approximate surface area is 74.4 Å². The van der Waals surface area contributed by atoms with Gasteiger partial charge in [-0.2, -0.15) is 0 Å². The van der Waals surface area contributed by atoms with Gasteiger partial charge in [0.05, 0.1) is 5.54 Å². The predicted octanol–water partition coefficient (Wildman–Crippen LogP) is 1.49. The first-order valence-electron chi connectivity index (χ1n) is 4.56. The molecule has 1 heterocycles. The number of nitrogens with zero attached hydrogens (tertiary/aromatic N) is 2. The first kappa shape index (κ1) is 9.36. The molecule has 0 atom stereocenters. The molecule has 0 aliphatic carbocycles. The lowest BCUT2D eigenvalue weighted by Gasteiger charge is -2.18. The third-order valence-electron chi connectivity index (χ3n) is 1.99. The highest BCUT2D eigenvalue weighted by Gasteiger charge is 2.28. The van der Waals surface area contributed by atoms with Crippen molar-refractivity contribution in [1.29, 1.82) is 0 Å². The molecule has 0 radical (unpaired) electrons. The van der Waals surface area contributed by atoms with E-state index in [1.807, 2.05) is 0 Å². The van der Waals surface area contributed by atoms with E-state index in [0.717, 1.165) is 19.1 Å². The smallest absolute Gasteiger partial charge is 0.288 e. The van der Waals surface area contributed by atoms with E-state index in [1.54, 1.807) is 0 Å². The van der Waals surface area contributed by atoms with Crippen molar-refractivity contribution < 1.29 is 4.74 Å². The van der Waals surface area contributed by atoms with Gasteiger partial charge in [0, 0.05) is 13.1 Å². The van der Waals surface area contributed by atoms with Crippen LogP contribution in [0.2, 0.25) is 0 Å². The predicted molar refractivity (Wildman–Crippen MR) is 50.4 cm³/mol. The zero-order valence-electron chi connectivity index (χ0n) is 8.42. The Morgan fingerprint density at radius 2 is 2.00 bits per heavy atom. The van der Waals surface area contributed by atoms with Crippen LogP contribution in [0.15, 0.2) is 4.99 Å². The Hall–Kier alpha value is -0.730. The summed E-state index contributed by atoms with van der Waals surface area (Å²) < 4.78 is 5.49. The van der Waals surface area contributed by atoms with Gasteiger partial charge in [-0.15, -0.1) is 0 Å². The van der Waals surface area contributed by atoms with Crippen molar-refractivity contribution in [3.8, 4) is 0 Å². The van der Waals surface area contributed by atoms with Crippen LogP contribution in [0.3, 0.4) is 0 Å². The van der Waals surface area contributed by atoms with Crippen molar-refractivity contribution in [3.63, 3.8) is 0 Å². The fourth-order valence-electron chi connectivity index (χ4n) is 1.22. The van der Waals surface area contributed by atoms with Gasteiger partial charge in [0.2, 0.25) is 0 Å². The summed E-state index contributed by atoms with van der Waals surface area (Å²) >= 11 is 0. The van der Waals surface area contributed by atoms with Crippen molar-refractivity contribution >= 4 is 6.02 Å². The second-order valence-electron chi connectivity index (χ2n) is 3.67. The molecule has 0 saturated carbocycles. The van der Waals surface area contributed by atoms with E-state index in [9.17, 15) is 0 Å². The van der Waals surface area contributed by atoms with Gasteiger partial charge in [0.25, 0.3) is 6.02 Å². The van der Waals surface area contributed by atoms with E-state index in [-0.39, 0.29) is 5.54 Å². The molecule has 0 bridgehead atoms. The van der Waals surface area contributed by atoms with E-state index < -0.39 is 0 Å². The Balaban J connectivity index is 2.64. The molecule has 1 aliphatic rings. The molecule has 1 aliphatic heterocycles. The molecule has 0 spiro atoms. The molecule has 0 unspecified atom stereocenters. The van der Waals surface area contributed by atoms with Gasteiger partial charge in [0.1, 0.15) is 6.61 Å². The van der Waals surface area contributed by atoms with Crippen LogP contribution in [0.1, 0.15) is 27.7 Å². The number of ether oxygens (including phenoxy) is 1. The van der Waals surface area contributed by atoms with Crippen molar-refractivity contribution in [2.24, 2.45) is 4.99 Å². The summed E-state index contributed by atoms with van der Waals surface area (Å²) in [6.45, 7) is 11.0. The number of amidine groups is 1. The zero-order chi connectivity index (χ0) is 9.19. The third kappa shape index (κ3) is 1.90. The van der Waals surface area contributed by atoms with E-state index in [0.29, 0.717) is 6.61 Å². The van der Waals surface area contributed by atoms with Crippen LogP contribution in [0.25, 0.3) is 0 Å². The normalized spacial score (nSPS) is 20.2. The minimum absolute atomic E-state index is 0.0298. The van der Waals surface area contributed by atoms with Gasteiger partial charge >= 0.3 is 0 Å². The number of aliphatic imine (C=N–C) groups is 1. The highest BCUT2D eigenvalue weighted by atomic mass is 16.5. The Morgan fingerprint density at radius 3 is 2.33 bits per heavy atom. The Bertz CT molecular complexity index is 183. The molecular weight excluding hydrogens is 152 g/mol. The van der Waals surface area contributed by atoms with Crippen LogP contribution in [0.5, 0.6) is 0 Å². The highest BCUT2D eigenvalue weighted by Crippen LogP contribution is 2.18. The summed E-state index contributed by atoms with van der Waals surface area (Å²) in [7, 11) is 0. The van der Waals surface area contributed by atoms with Crippen LogP contribution in [0.4, 0.5) is 0 Å². The van der Waals surface area contributed by atoms with Crippen molar-refractivity contribution in [1.82, 2.24) is 4.90 Å².